The first kappa shape index (κ1) is 16.1. The smallest absolute Gasteiger partial charge is 0.338 e. The Kier molecular flexibility index (Phi) is 4.50. The van der Waals surface area contributed by atoms with Gasteiger partial charge in [0.25, 0.3) is 0 Å². The van der Waals surface area contributed by atoms with Crippen molar-refractivity contribution in [1.29, 1.82) is 0 Å². The van der Waals surface area contributed by atoms with Crippen molar-refractivity contribution >= 4 is 5.91 Å². The average Bonchev–Trinajstić information content (AvgIpc) is 2.55. The summed E-state index contributed by atoms with van der Waals surface area (Å²) in [6.45, 7) is 4.57. The third-order valence-corrected chi connectivity index (χ3v) is 5.36. The molecule has 23 heavy (non-hydrogen) atoms. The van der Waals surface area contributed by atoms with Crippen molar-refractivity contribution in [1.82, 2.24) is 24.3 Å². The first-order valence-electron chi connectivity index (χ1n) is 8.19. The van der Waals surface area contributed by atoms with Crippen LogP contribution in [0.2, 0.25) is 0 Å². The van der Waals surface area contributed by atoms with Crippen LogP contribution in [0.15, 0.2) is 23.3 Å². The van der Waals surface area contributed by atoms with Crippen molar-refractivity contribution in [2.75, 3.05) is 46.8 Å². The highest BCUT2D eigenvalue weighted by Gasteiger charge is 2.42. The summed E-state index contributed by atoms with van der Waals surface area (Å²) in [6, 6.07) is 1.68. The van der Waals surface area contributed by atoms with Crippen LogP contribution in [0.4, 0.5) is 0 Å². The second-order valence-corrected chi connectivity index (χ2v) is 6.79. The fourth-order valence-corrected chi connectivity index (χ4v) is 3.60. The molecule has 0 bridgehead atoms. The Morgan fingerprint density at radius 2 is 1.96 bits per heavy atom. The number of carbonyl (C=O) groups is 1. The van der Waals surface area contributed by atoms with E-state index in [-0.39, 0.29) is 23.7 Å². The van der Waals surface area contributed by atoms with Crippen LogP contribution < -0.4 is 5.69 Å². The highest BCUT2D eigenvalue weighted by Crippen LogP contribution is 2.31. The molecule has 126 valence electrons. The van der Waals surface area contributed by atoms with Crippen LogP contribution in [-0.2, 0) is 11.3 Å². The van der Waals surface area contributed by atoms with E-state index in [1.165, 1.54) is 10.8 Å². The van der Waals surface area contributed by atoms with Gasteiger partial charge in [0.05, 0.1) is 0 Å². The zero-order valence-electron chi connectivity index (χ0n) is 13.9. The minimum atomic E-state index is -0.371. The van der Waals surface area contributed by atoms with Crippen LogP contribution >= 0.6 is 0 Å². The zero-order chi connectivity index (χ0) is 16.4. The van der Waals surface area contributed by atoms with Crippen molar-refractivity contribution in [2.24, 2.45) is 0 Å². The Hall–Kier alpha value is -1.73. The molecule has 3 heterocycles. The second-order valence-electron chi connectivity index (χ2n) is 6.79. The molecule has 0 aromatic carbocycles. The molecule has 0 N–H and O–H groups in total. The van der Waals surface area contributed by atoms with Gasteiger partial charge in [-0.15, -0.1) is 0 Å². The predicted molar refractivity (Wildman–Crippen MR) is 87.2 cm³/mol. The molecule has 0 radical (unpaired) electrons. The van der Waals surface area contributed by atoms with Gasteiger partial charge in [-0.05, 0) is 46.1 Å². The van der Waals surface area contributed by atoms with Crippen molar-refractivity contribution in [3.8, 4) is 0 Å². The number of hydrogen-bond donors (Lipinski definition) is 0. The summed E-state index contributed by atoms with van der Waals surface area (Å²) < 4.78 is 1.38. The van der Waals surface area contributed by atoms with Gasteiger partial charge in [0.15, 0.2) is 0 Å². The van der Waals surface area contributed by atoms with Crippen LogP contribution in [0.1, 0.15) is 12.8 Å². The monoisotopic (exact) mass is 319 g/mol. The lowest BCUT2D eigenvalue weighted by Gasteiger charge is -2.52. The summed E-state index contributed by atoms with van der Waals surface area (Å²) >= 11 is 0. The number of carbonyl (C=O) groups excluding carboxylic acids is 1. The zero-order valence-corrected chi connectivity index (χ0v) is 13.9. The van der Waals surface area contributed by atoms with Gasteiger partial charge in [0, 0.05) is 37.6 Å². The van der Waals surface area contributed by atoms with Gasteiger partial charge in [-0.25, -0.2) is 9.78 Å². The van der Waals surface area contributed by atoms with Crippen molar-refractivity contribution in [2.45, 2.75) is 24.9 Å². The first-order valence-corrected chi connectivity index (χ1v) is 8.19. The van der Waals surface area contributed by atoms with E-state index >= 15 is 0 Å². The van der Waals surface area contributed by atoms with Gasteiger partial charge in [-0.2, -0.15) is 0 Å². The molecule has 2 saturated heterocycles. The third kappa shape index (κ3) is 3.30. The summed E-state index contributed by atoms with van der Waals surface area (Å²) in [7, 11) is 4.31. The number of rotatable bonds is 2. The van der Waals surface area contributed by atoms with Gasteiger partial charge in [0.2, 0.25) is 5.91 Å². The summed E-state index contributed by atoms with van der Waals surface area (Å²) in [5.74, 6) is 0.00602. The summed E-state index contributed by atoms with van der Waals surface area (Å²) in [6.07, 6.45) is 5.23. The Morgan fingerprint density at radius 3 is 2.65 bits per heavy atom. The SMILES string of the molecule is CN1CCC2(CC1)CN(C(=O)Cn1cccnc1=O)CCN2C. The average molecular weight is 319 g/mol. The summed E-state index contributed by atoms with van der Waals surface area (Å²) in [4.78, 5) is 34.7. The number of hydrogen-bond acceptors (Lipinski definition) is 5. The molecular weight excluding hydrogens is 294 g/mol. The van der Waals surface area contributed by atoms with Gasteiger partial charge in [-0.3, -0.25) is 14.3 Å². The van der Waals surface area contributed by atoms with E-state index in [2.05, 4.69) is 28.9 Å². The van der Waals surface area contributed by atoms with Crippen molar-refractivity contribution in [3.63, 3.8) is 0 Å². The van der Waals surface area contributed by atoms with Crippen LogP contribution in [0.25, 0.3) is 0 Å². The number of amides is 1. The Bertz CT molecular complexity index is 621. The molecule has 2 aliphatic heterocycles. The maximum atomic E-state index is 12.6. The van der Waals surface area contributed by atoms with Gasteiger partial charge >= 0.3 is 5.69 Å². The lowest BCUT2D eigenvalue weighted by molar-refractivity contribution is -0.138. The minimum absolute atomic E-state index is 0.00602. The molecule has 0 atom stereocenters. The molecule has 0 saturated carbocycles. The molecular formula is C16H25N5O2. The molecule has 1 amide bonds. The van der Waals surface area contributed by atoms with Crippen LogP contribution in [0.5, 0.6) is 0 Å². The van der Waals surface area contributed by atoms with Crippen LogP contribution in [0.3, 0.4) is 0 Å². The van der Waals surface area contributed by atoms with E-state index in [0.29, 0.717) is 0 Å². The Labute approximate surface area is 136 Å². The van der Waals surface area contributed by atoms with E-state index in [9.17, 15) is 9.59 Å². The number of piperazine rings is 1. The maximum absolute atomic E-state index is 12.6. The standard InChI is InChI=1S/C16H25N5O2/c1-18-8-4-16(5-9-18)13-21(11-10-19(16)2)14(22)12-20-7-3-6-17-15(20)23/h3,6-7H,4-5,8-13H2,1-2H3. The number of likely N-dealkylation sites (N-methyl/N-ethyl adjacent to an activating group) is 1. The number of nitrogens with zero attached hydrogens (tertiary/aromatic N) is 5. The van der Waals surface area contributed by atoms with E-state index in [4.69, 9.17) is 0 Å². The molecule has 2 aliphatic rings. The quantitative estimate of drug-likeness (QED) is 0.734. The number of piperidine rings is 1. The molecule has 1 aromatic heterocycles. The van der Waals surface area contributed by atoms with Crippen molar-refractivity contribution in [3.05, 3.63) is 28.9 Å². The lowest BCUT2D eigenvalue weighted by atomic mass is 9.84. The van der Waals surface area contributed by atoms with E-state index < -0.39 is 0 Å². The minimum Gasteiger partial charge on any atom is -0.338 e. The maximum Gasteiger partial charge on any atom is 0.347 e. The molecule has 1 spiro atoms. The molecule has 2 fully saturated rings. The third-order valence-electron chi connectivity index (χ3n) is 5.36. The van der Waals surface area contributed by atoms with E-state index in [1.807, 2.05) is 4.90 Å². The normalized spacial score (nSPS) is 22.4. The molecule has 0 unspecified atom stereocenters. The fraction of sp³-hybridized carbons (Fsp3) is 0.688. The predicted octanol–water partition coefficient (Wildman–Crippen LogP) is -0.518. The molecule has 0 aliphatic carbocycles. The second kappa shape index (κ2) is 6.41. The van der Waals surface area contributed by atoms with E-state index in [1.54, 1.807) is 12.3 Å². The van der Waals surface area contributed by atoms with Gasteiger partial charge in [-0.1, -0.05) is 0 Å². The Balaban J connectivity index is 1.70. The molecule has 7 nitrogen and oxygen atoms in total. The molecule has 3 rings (SSSR count). The largest absolute Gasteiger partial charge is 0.347 e. The van der Waals surface area contributed by atoms with E-state index in [0.717, 1.165) is 45.6 Å². The van der Waals surface area contributed by atoms with Crippen LogP contribution in [-0.4, -0.2) is 82.5 Å². The van der Waals surface area contributed by atoms with Gasteiger partial charge in [0.1, 0.15) is 6.54 Å². The highest BCUT2D eigenvalue weighted by molar-refractivity contribution is 5.76. The summed E-state index contributed by atoms with van der Waals surface area (Å²) in [5.41, 5.74) is -0.288. The number of likely N-dealkylation sites (tertiary alicyclic amines) is 1. The summed E-state index contributed by atoms with van der Waals surface area (Å²) in [5, 5.41) is 0. The van der Waals surface area contributed by atoms with Crippen molar-refractivity contribution < 1.29 is 4.79 Å². The van der Waals surface area contributed by atoms with Gasteiger partial charge < -0.3 is 9.80 Å². The molecule has 1 aromatic rings. The first-order chi connectivity index (χ1) is 11.0. The Morgan fingerprint density at radius 1 is 1.22 bits per heavy atom. The highest BCUT2D eigenvalue weighted by atomic mass is 16.2. The topological polar surface area (TPSA) is 61.7 Å². The molecule has 7 heteroatoms. The fourth-order valence-electron chi connectivity index (χ4n) is 3.60. The lowest BCUT2D eigenvalue weighted by Crippen LogP contribution is -2.65. The number of aromatic nitrogens is 2. The van der Waals surface area contributed by atoms with Crippen LogP contribution in [0, 0.1) is 0 Å².